The maximum absolute atomic E-state index is 7.34. The van der Waals surface area contributed by atoms with Crippen LogP contribution >= 0.6 is 0 Å². The molecule has 1 saturated heterocycles. The van der Waals surface area contributed by atoms with E-state index in [0.717, 1.165) is 33.4 Å². The van der Waals surface area contributed by atoms with Crippen molar-refractivity contribution in [3.05, 3.63) is 252 Å². The lowest BCUT2D eigenvalue weighted by molar-refractivity contribution is 0.123. The van der Waals surface area contributed by atoms with Crippen LogP contribution in [0.15, 0.2) is 223 Å². The van der Waals surface area contributed by atoms with Crippen LogP contribution in [0.4, 0.5) is 0 Å². The van der Waals surface area contributed by atoms with E-state index in [0.29, 0.717) is 23.3 Å². The molecule has 6 nitrogen and oxygen atoms in total. The molecule has 0 spiro atoms. The van der Waals surface area contributed by atoms with Crippen LogP contribution in [0.3, 0.4) is 0 Å². The van der Waals surface area contributed by atoms with Crippen LogP contribution in [0.25, 0.3) is 0 Å². The van der Waals surface area contributed by atoms with Crippen molar-refractivity contribution in [1.29, 1.82) is 0 Å². The van der Waals surface area contributed by atoms with Gasteiger partial charge in [-0.05, 0) is 45.5 Å². The number of aliphatic imine (C=N–C) groups is 1. The van der Waals surface area contributed by atoms with Crippen molar-refractivity contribution in [2.45, 2.75) is 23.3 Å². The Morgan fingerprint density at radius 1 is 0.446 bits per heavy atom. The summed E-state index contributed by atoms with van der Waals surface area (Å²) in [6.07, 6.45) is 0.884. The molecular formula is C49H37BN2O4. The highest BCUT2D eigenvalue weighted by atomic mass is 16.7. The van der Waals surface area contributed by atoms with Crippen molar-refractivity contribution in [3.8, 4) is 11.5 Å². The summed E-state index contributed by atoms with van der Waals surface area (Å²) in [5.41, 5.74) is 4.15. The number of hydrogen-bond acceptors (Lipinski definition) is 6. The van der Waals surface area contributed by atoms with Crippen molar-refractivity contribution in [2.75, 3.05) is 0 Å². The van der Waals surface area contributed by atoms with Crippen LogP contribution in [0.1, 0.15) is 45.6 Å². The second kappa shape index (κ2) is 14.0. The molecule has 0 aromatic heterocycles. The molecule has 0 N–H and O–H groups in total. The fourth-order valence-electron chi connectivity index (χ4n) is 8.55. The zero-order valence-electron chi connectivity index (χ0n) is 30.5. The van der Waals surface area contributed by atoms with Crippen molar-refractivity contribution in [1.82, 2.24) is 4.81 Å². The summed E-state index contributed by atoms with van der Waals surface area (Å²) >= 11 is 0. The van der Waals surface area contributed by atoms with E-state index in [1.54, 1.807) is 0 Å². The number of fused-ring (bicyclic) bond motifs is 1. The Hall–Kier alpha value is -6.99. The average molecular weight is 729 g/mol. The summed E-state index contributed by atoms with van der Waals surface area (Å²) < 4.78 is 27.9. The Morgan fingerprint density at radius 2 is 0.839 bits per heavy atom. The van der Waals surface area contributed by atoms with Gasteiger partial charge in [0.25, 0.3) is 0 Å². The van der Waals surface area contributed by atoms with Crippen molar-refractivity contribution >= 4 is 13.2 Å². The molecule has 3 heterocycles. The van der Waals surface area contributed by atoms with Crippen LogP contribution in [-0.4, -0.2) is 18.0 Å². The molecule has 0 unspecified atom stereocenters. The molecule has 0 saturated carbocycles. The van der Waals surface area contributed by atoms with E-state index in [1.807, 2.05) is 91.0 Å². The van der Waals surface area contributed by atoms with E-state index in [9.17, 15) is 0 Å². The molecule has 3 aliphatic heterocycles. The smallest absolute Gasteiger partial charge is 0.504 e. The third-order valence-corrected chi connectivity index (χ3v) is 11.0. The Labute approximate surface area is 327 Å². The maximum atomic E-state index is 7.34. The predicted molar refractivity (Wildman–Crippen MR) is 219 cm³/mol. The molecule has 270 valence electrons. The molecule has 0 amide bonds. The SMILES string of the molecule is C(/C1=NC(c2ccccc2)(c2ccccc2)[C@H](c2ccccc2)O1)=C1\O[C@@H](c2ccccc2)C(c2ccccc2)(c2ccccc2)N1B1Oc2ccccc2O1. The van der Waals surface area contributed by atoms with Crippen LogP contribution in [-0.2, 0) is 20.6 Å². The standard InChI is InChI=1S/C49H37BN2O4/c1-7-21-36(22-8-1)46-48(38-25-11-3-12-26-38,39-27-13-4-14-28-39)51-44(53-46)35-45-52(50-55-42-33-19-20-34-43(42)56-50)49(40-29-15-5-16-30-40,41-31-17-6-18-32-41)47(54-45)37-23-9-2-10-24-37/h1-35,46-47H/b45-35+/t46-,47-/m0/s1. The molecular weight excluding hydrogens is 691 g/mol. The van der Waals surface area contributed by atoms with Gasteiger partial charge < -0.3 is 18.8 Å². The van der Waals surface area contributed by atoms with Crippen LogP contribution in [0, 0.1) is 0 Å². The predicted octanol–water partition coefficient (Wildman–Crippen LogP) is 10.4. The fourth-order valence-corrected chi connectivity index (χ4v) is 8.55. The van der Waals surface area contributed by atoms with Crippen LogP contribution in [0.5, 0.6) is 11.5 Å². The second-order valence-corrected chi connectivity index (χ2v) is 14.1. The first-order valence-electron chi connectivity index (χ1n) is 18.9. The van der Waals surface area contributed by atoms with E-state index >= 15 is 0 Å². The Kier molecular flexibility index (Phi) is 8.40. The minimum atomic E-state index is -0.976. The largest absolute Gasteiger partial charge is 0.742 e. The first kappa shape index (κ1) is 33.6. The number of nitrogens with zero attached hydrogens (tertiary/aromatic N) is 2. The molecule has 0 radical (unpaired) electrons. The molecule has 3 aliphatic rings. The molecule has 56 heavy (non-hydrogen) atoms. The monoisotopic (exact) mass is 728 g/mol. The minimum absolute atomic E-state index is 0.422. The van der Waals surface area contributed by atoms with Crippen molar-refractivity contribution in [3.63, 3.8) is 0 Å². The van der Waals surface area contributed by atoms with Gasteiger partial charge >= 0.3 is 7.25 Å². The highest BCUT2D eigenvalue weighted by Gasteiger charge is 2.63. The van der Waals surface area contributed by atoms with Gasteiger partial charge in [-0.2, -0.15) is 0 Å². The molecule has 0 bridgehead atoms. The summed E-state index contributed by atoms with van der Waals surface area (Å²) in [4.78, 5) is 7.73. The number of hydrogen-bond donors (Lipinski definition) is 0. The zero-order valence-corrected chi connectivity index (χ0v) is 30.5. The van der Waals surface area contributed by atoms with Gasteiger partial charge in [0.2, 0.25) is 5.90 Å². The molecule has 7 aromatic rings. The average Bonchev–Trinajstić information content (AvgIpc) is 3.98. The summed E-state index contributed by atoms with van der Waals surface area (Å²) in [5, 5.41) is 0. The molecule has 2 atom stereocenters. The van der Waals surface area contributed by atoms with Gasteiger partial charge in [0.1, 0.15) is 17.0 Å². The highest BCUT2D eigenvalue weighted by molar-refractivity contribution is 6.45. The molecule has 7 aromatic carbocycles. The molecule has 10 rings (SSSR count). The Balaban J connectivity index is 1.23. The maximum Gasteiger partial charge on any atom is 0.742 e. The van der Waals surface area contributed by atoms with Gasteiger partial charge in [0.05, 0.1) is 6.08 Å². The number of para-hydroxylation sites is 2. The normalized spacial score (nSPS) is 19.6. The van der Waals surface area contributed by atoms with Crippen molar-refractivity contribution in [2.24, 2.45) is 4.99 Å². The lowest BCUT2D eigenvalue weighted by atomic mass is 9.72. The van der Waals surface area contributed by atoms with Gasteiger partial charge in [-0.3, -0.25) is 4.81 Å². The van der Waals surface area contributed by atoms with Gasteiger partial charge in [0.15, 0.2) is 23.6 Å². The lowest BCUT2D eigenvalue weighted by Crippen LogP contribution is -2.56. The first-order chi connectivity index (χ1) is 27.7. The summed E-state index contributed by atoms with van der Waals surface area (Å²) in [6.45, 7) is 0. The first-order valence-corrected chi connectivity index (χ1v) is 18.9. The lowest BCUT2D eigenvalue weighted by Gasteiger charge is -2.41. The summed E-state index contributed by atoms with van der Waals surface area (Å²) in [5.74, 6) is 2.22. The fraction of sp³-hybridized carbons (Fsp3) is 0.0816. The van der Waals surface area contributed by atoms with Gasteiger partial charge in [0, 0.05) is 0 Å². The Bertz CT molecular complexity index is 2400. The quantitative estimate of drug-likeness (QED) is 0.146. The summed E-state index contributed by atoms with van der Waals surface area (Å²) in [7, 11) is -0.910. The Morgan fingerprint density at radius 3 is 1.30 bits per heavy atom. The molecule has 0 aliphatic carbocycles. The van der Waals surface area contributed by atoms with Crippen LogP contribution in [0.2, 0.25) is 0 Å². The highest BCUT2D eigenvalue weighted by Crippen LogP contribution is 2.58. The van der Waals surface area contributed by atoms with Crippen molar-refractivity contribution < 1.29 is 18.8 Å². The number of ether oxygens (including phenoxy) is 2. The number of benzene rings is 7. The molecule has 7 heteroatoms. The third-order valence-electron chi connectivity index (χ3n) is 11.0. The van der Waals surface area contributed by atoms with Gasteiger partial charge in [-0.15, -0.1) is 0 Å². The van der Waals surface area contributed by atoms with E-state index in [-0.39, 0.29) is 0 Å². The third kappa shape index (κ3) is 5.46. The van der Waals surface area contributed by atoms with E-state index in [2.05, 4.69) is 126 Å². The van der Waals surface area contributed by atoms with Gasteiger partial charge in [-0.25, -0.2) is 4.99 Å². The topological polar surface area (TPSA) is 52.5 Å². The molecule has 1 fully saturated rings. The van der Waals surface area contributed by atoms with Gasteiger partial charge in [-0.1, -0.05) is 194 Å². The van der Waals surface area contributed by atoms with E-state index in [1.165, 1.54) is 0 Å². The minimum Gasteiger partial charge on any atom is -0.504 e. The summed E-state index contributed by atoms with van der Waals surface area (Å²) in [6, 6.07) is 70.2. The van der Waals surface area contributed by atoms with E-state index < -0.39 is 30.5 Å². The van der Waals surface area contributed by atoms with Crippen LogP contribution < -0.4 is 9.31 Å². The second-order valence-electron chi connectivity index (χ2n) is 14.1. The zero-order chi connectivity index (χ0) is 37.4. The van der Waals surface area contributed by atoms with E-state index in [4.69, 9.17) is 23.8 Å². The number of rotatable bonds is 8.